The molecule has 2 aliphatic heterocycles. The largest absolute Gasteiger partial charge is 0.359 e. The Bertz CT molecular complexity index is 911. The number of nitrogens with one attached hydrogen (secondary N) is 2. The quantitative estimate of drug-likeness (QED) is 0.806. The third kappa shape index (κ3) is 4.23. The maximum atomic E-state index is 13.2. The van der Waals surface area contributed by atoms with Crippen LogP contribution in [-0.4, -0.2) is 50.6 Å². The van der Waals surface area contributed by atoms with Gasteiger partial charge in [-0.1, -0.05) is 35.9 Å². The number of piperazine rings is 1. The number of halogens is 1. The first-order valence-electron chi connectivity index (χ1n) is 10.1. The Hall–Kier alpha value is -2.57. The van der Waals surface area contributed by atoms with Crippen molar-refractivity contribution in [2.45, 2.75) is 19.4 Å². The van der Waals surface area contributed by atoms with Gasteiger partial charge in [0.2, 0.25) is 5.91 Å². The van der Waals surface area contributed by atoms with Crippen LogP contribution >= 0.6 is 11.6 Å². The SMILES string of the molecule is C[C@H]1CC(=O)Nc2ccccc2N1C(=O)C[NH+]1CCN(c2ccccc2Cl)CC1. The van der Waals surface area contributed by atoms with Crippen molar-refractivity contribution in [2.24, 2.45) is 0 Å². The fraction of sp³-hybridized carbons (Fsp3) is 0.364. The van der Waals surface area contributed by atoms with Gasteiger partial charge in [0, 0.05) is 12.5 Å². The molecular weight excluding hydrogens is 388 g/mol. The second-order valence-electron chi connectivity index (χ2n) is 7.75. The maximum absolute atomic E-state index is 13.2. The molecular formula is C22H26ClN4O2+. The number of hydrogen-bond acceptors (Lipinski definition) is 3. The molecule has 0 unspecified atom stereocenters. The van der Waals surface area contributed by atoms with E-state index in [0.29, 0.717) is 18.7 Å². The number of rotatable bonds is 3. The van der Waals surface area contributed by atoms with E-state index < -0.39 is 0 Å². The molecule has 1 atom stereocenters. The third-order valence-electron chi connectivity index (χ3n) is 5.69. The lowest BCUT2D eigenvalue weighted by Crippen LogP contribution is -3.16. The smallest absolute Gasteiger partial charge is 0.282 e. The van der Waals surface area contributed by atoms with E-state index in [1.165, 1.54) is 4.90 Å². The van der Waals surface area contributed by atoms with Gasteiger partial charge >= 0.3 is 0 Å². The van der Waals surface area contributed by atoms with Gasteiger partial charge in [0.05, 0.1) is 48.3 Å². The summed E-state index contributed by atoms with van der Waals surface area (Å²) in [4.78, 5) is 30.7. The highest BCUT2D eigenvalue weighted by atomic mass is 35.5. The Kier molecular flexibility index (Phi) is 5.74. The summed E-state index contributed by atoms with van der Waals surface area (Å²) in [6, 6.07) is 15.2. The summed E-state index contributed by atoms with van der Waals surface area (Å²) in [5.41, 5.74) is 2.54. The van der Waals surface area contributed by atoms with Crippen LogP contribution in [0.1, 0.15) is 13.3 Å². The Balaban J connectivity index is 1.43. The molecule has 152 valence electrons. The Morgan fingerprint density at radius 2 is 1.76 bits per heavy atom. The first-order valence-corrected chi connectivity index (χ1v) is 10.4. The molecule has 0 aliphatic carbocycles. The summed E-state index contributed by atoms with van der Waals surface area (Å²) in [6.45, 7) is 5.82. The normalized spacial score (nSPS) is 20.1. The van der Waals surface area contributed by atoms with Crippen molar-refractivity contribution in [1.29, 1.82) is 0 Å². The van der Waals surface area contributed by atoms with Crippen LogP contribution in [-0.2, 0) is 9.59 Å². The van der Waals surface area contributed by atoms with Crippen LogP contribution in [0.15, 0.2) is 48.5 Å². The van der Waals surface area contributed by atoms with Crippen LogP contribution in [0.25, 0.3) is 0 Å². The number of anilines is 3. The van der Waals surface area contributed by atoms with Crippen LogP contribution in [0.2, 0.25) is 5.02 Å². The molecule has 29 heavy (non-hydrogen) atoms. The predicted molar refractivity (Wildman–Crippen MR) is 116 cm³/mol. The molecule has 2 aromatic carbocycles. The average molecular weight is 414 g/mol. The minimum absolute atomic E-state index is 0.0547. The minimum Gasteiger partial charge on any atom is -0.359 e. The van der Waals surface area contributed by atoms with Crippen molar-refractivity contribution in [3.63, 3.8) is 0 Å². The molecule has 0 aromatic heterocycles. The van der Waals surface area contributed by atoms with E-state index in [9.17, 15) is 9.59 Å². The van der Waals surface area contributed by atoms with Gasteiger partial charge in [-0.2, -0.15) is 0 Å². The van der Waals surface area contributed by atoms with E-state index in [2.05, 4.69) is 10.2 Å². The monoisotopic (exact) mass is 413 g/mol. The van der Waals surface area contributed by atoms with Crippen molar-refractivity contribution >= 4 is 40.5 Å². The Morgan fingerprint density at radius 3 is 2.48 bits per heavy atom. The maximum Gasteiger partial charge on any atom is 0.282 e. The molecule has 2 aromatic rings. The lowest BCUT2D eigenvalue weighted by atomic mass is 10.1. The zero-order valence-electron chi connectivity index (χ0n) is 16.5. The molecule has 4 rings (SSSR count). The fourth-order valence-electron chi connectivity index (χ4n) is 4.22. The van der Waals surface area contributed by atoms with Gasteiger partial charge in [-0.3, -0.25) is 9.59 Å². The minimum atomic E-state index is -0.171. The predicted octanol–water partition coefficient (Wildman–Crippen LogP) is 1.81. The van der Waals surface area contributed by atoms with Crippen LogP contribution in [0, 0.1) is 0 Å². The number of nitrogens with zero attached hydrogens (tertiary/aromatic N) is 2. The number of amides is 2. The molecule has 6 nitrogen and oxygen atoms in total. The van der Waals surface area contributed by atoms with E-state index >= 15 is 0 Å². The summed E-state index contributed by atoms with van der Waals surface area (Å²) in [5.74, 6) is 0.00333. The molecule has 2 heterocycles. The standard InChI is InChI=1S/C22H25ClN4O2/c1-16-14-21(28)24-18-7-3-5-9-20(18)27(16)22(29)15-25-10-12-26(13-11-25)19-8-4-2-6-17(19)23/h2-9,16H,10-15H2,1H3,(H,24,28)/p+1/t16-/m0/s1. The first kappa shape index (κ1) is 19.7. The van der Waals surface area contributed by atoms with Gasteiger partial charge < -0.3 is 20.0 Å². The average Bonchev–Trinajstić information content (AvgIpc) is 2.83. The van der Waals surface area contributed by atoms with Gasteiger partial charge in [0.1, 0.15) is 0 Å². The molecule has 1 saturated heterocycles. The summed E-state index contributed by atoms with van der Waals surface area (Å²) in [6.07, 6.45) is 0.302. The van der Waals surface area contributed by atoms with Crippen LogP contribution in [0.3, 0.4) is 0 Å². The Labute approximate surface area is 176 Å². The number of hydrogen-bond donors (Lipinski definition) is 2. The second kappa shape index (κ2) is 8.43. The number of fused-ring (bicyclic) bond motifs is 1. The van der Waals surface area contributed by atoms with E-state index in [1.54, 1.807) is 4.90 Å². The number of carbonyl (C=O) groups excluding carboxylic acids is 2. The lowest BCUT2D eigenvalue weighted by molar-refractivity contribution is -0.892. The van der Waals surface area contributed by atoms with E-state index in [-0.39, 0.29) is 17.9 Å². The van der Waals surface area contributed by atoms with Crippen molar-refractivity contribution in [1.82, 2.24) is 0 Å². The van der Waals surface area contributed by atoms with Crippen LogP contribution in [0.4, 0.5) is 17.1 Å². The number of carbonyl (C=O) groups is 2. The third-order valence-corrected chi connectivity index (χ3v) is 6.01. The van der Waals surface area contributed by atoms with Crippen molar-refractivity contribution in [3.8, 4) is 0 Å². The van der Waals surface area contributed by atoms with Gasteiger partial charge in [0.25, 0.3) is 5.91 Å². The zero-order chi connectivity index (χ0) is 20.4. The fourth-order valence-corrected chi connectivity index (χ4v) is 4.47. The number of quaternary nitrogens is 1. The molecule has 0 radical (unpaired) electrons. The molecule has 2 N–H and O–H groups in total. The topological polar surface area (TPSA) is 57.1 Å². The number of para-hydroxylation sites is 3. The van der Waals surface area contributed by atoms with E-state index in [1.807, 2.05) is 55.5 Å². The van der Waals surface area contributed by atoms with Gasteiger partial charge in [-0.05, 0) is 31.2 Å². The molecule has 2 amide bonds. The van der Waals surface area contributed by atoms with E-state index in [4.69, 9.17) is 11.6 Å². The van der Waals surface area contributed by atoms with Crippen LogP contribution < -0.4 is 20.0 Å². The summed E-state index contributed by atoms with van der Waals surface area (Å²) >= 11 is 6.33. The molecule has 0 spiro atoms. The van der Waals surface area contributed by atoms with Crippen molar-refractivity contribution in [3.05, 3.63) is 53.6 Å². The van der Waals surface area contributed by atoms with E-state index in [0.717, 1.165) is 42.6 Å². The highest BCUT2D eigenvalue weighted by Gasteiger charge is 2.32. The summed E-state index contributed by atoms with van der Waals surface area (Å²) in [5, 5.41) is 3.67. The van der Waals surface area contributed by atoms with Gasteiger partial charge in [-0.25, -0.2) is 0 Å². The molecule has 7 heteroatoms. The van der Waals surface area contributed by atoms with Gasteiger partial charge in [-0.15, -0.1) is 0 Å². The molecule has 1 fully saturated rings. The van der Waals surface area contributed by atoms with Crippen molar-refractivity contribution < 1.29 is 14.5 Å². The second-order valence-corrected chi connectivity index (χ2v) is 8.15. The van der Waals surface area contributed by atoms with Crippen molar-refractivity contribution in [2.75, 3.05) is 47.8 Å². The first-order chi connectivity index (χ1) is 14.0. The number of benzene rings is 2. The summed E-state index contributed by atoms with van der Waals surface area (Å²) in [7, 11) is 0. The highest BCUT2D eigenvalue weighted by molar-refractivity contribution is 6.33. The zero-order valence-corrected chi connectivity index (χ0v) is 17.3. The summed E-state index contributed by atoms with van der Waals surface area (Å²) < 4.78 is 0. The highest BCUT2D eigenvalue weighted by Crippen LogP contribution is 2.31. The van der Waals surface area contributed by atoms with Crippen LogP contribution in [0.5, 0.6) is 0 Å². The molecule has 2 aliphatic rings. The van der Waals surface area contributed by atoms with Gasteiger partial charge in [0.15, 0.2) is 6.54 Å². The lowest BCUT2D eigenvalue weighted by Gasteiger charge is -2.35. The molecule has 0 bridgehead atoms. The molecule has 0 saturated carbocycles. The Morgan fingerprint density at radius 1 is 1.10 bits per heavy atom.